The number of nitrogens with zero attached hydrogens (tertiary/aromatic N) is 1. The molecule has 1 aromatic rings. The van der Waals surface area contributed by atoms with E-state index >= 15 is 0 Å². The highest BCUT2D eigenvalue weighted by molar-refractivity contribution is 5.78. The van der Waals surface area contributed by atoms with Gasteiger partial charge in [-0.1, -0.05) is 30.7 Å². The molecule has 0 aliphatic heterocycles. The van der Waals surface area contributed by atoms with Crippen LogP contribution in [0.4, 0.5) is 0 Å². The molecule has 1 N–H and O–H groups in total. The highest BCUT2D eigenvalue weighted by Crippen LogP contribution is 2.12. The molecule has 1 rings (SSSR count). The van der Waals surface area contributed by atoms with Crippen LogP contribution in [0.3, 0.4) is 0 Å². The van der Waals surface area contributed by atoms with Crippen LogP contribution >= 0.6 is 0 Å². The summed E-state index contributed by atoms with van der Waals surface area (Å²) in [4.78, 5) is 13.5. The molecule has 0 aliphatic rings. The van der Waals surface area contributed by atoms with Gasteiger partial charge in [0.15, 0.2) is 0 Å². The molecule has 1 aromatic carbocycles. The Morgan fingerprint density at radius 1 is 1.35 bits per heavy atom. The average Bonchev–Trinajstić information content (AvgIpc) is 2.30. The number of carbonyl (C=O) groups is 1. The van der Waals surface area contributed by atoms with Gasteiger partial charge in [0.25, 0.3) is 0 Å². The molecule has 0 heterocycles. The lowest BCUT2D eigenvalue weighted by Gasteiger charge is -2.19. The number of benzene rings is 1. The highest BCUT2D eigenvalue weighted by atomic mass is 16.2. The van der Waals surface area contributed by atoms with Crippen molar-refractivity contribution in [3.05, 3.63) is 34.9 Å². The van der Waals surface area contributed by atoms with Crippen molar-refractivity contribution < 1.29 is 4.79 Å². The number of likely N-dealkylation sites (N-methyl/N-ethyl adjacent to an activating group) is 2. The van der Waals surface area contributed by atoms with Crippen molar-refractivity contribution in [1.82, 2.24) is 10.2 Å². The normalized spacial score (nSPS) is 10.4. The predicted octanol–water partition coefficient (Wildman–Crippen LogP) is 1.87. The van der Waals surface area contributed by atoms with Gasteiger partial charge in [-0.25, -0.2) is 0 Å². The maximum absolute atomic E-state index is 11.8. The standard InChI is InChI=1S/C14H22N2O/c1-5-15-9-14(17)16(4)10-13-8-11(2)6-7-12(13)3/h6-8,15H,5,9-10H2,1-4H3. The molecule has 0 saturated heterocycles. The second-order valence-corrected chi connectivity index (χ2v) is 4.46. The summed E-state index contributed by atoms with van der Waals surface area (Å²) in [5, 5.41) is 3.05. The third-order valence-electron chi connectivity index (χ3n) is 2.86. The molecule has 0 fully saturated rings. The van der Waals surface area contributed by atoms with Crippen molar-refractivity contribution in [3.63, 3.8) is 0 Å². The molecule has 0 radical (unpaired) electrons. The van der Waals surface area contributed by atoms with Crippen LogP contribution in [0.5, 0.6) is 0 Å². The van der Waals surface area contributed by atoms with Crippen molar-refractivity contribution in [2.24, 2.45) is 0 Å². The second-order valence-electron chi connectivity index (χ2n) is 4.46. The van der Waals surface area contributed by atoms with Crippen LogP contribution in [-0.4, -0.2) is 30.9 Å². The smallest absolute Gasteiger partial charge is 0.236 e. The van der Waals surface area contributed by atoms with Crippen molar-refractivity contribution in [1.29, 1.82) is 0 Å². The average molecular weight is 234 g/mol. The van der Waals surface area contributed by atoms with Crippen LogP contribution in [-0.2, 0) is 11.3 Å². The predicted molar refractivity (Wildman–Crippen MR) is 70.9 cm³/mol. The van der Waals surface area contributed by atoms with E-state index in [4.69, 9.17) is 0 Å². The number of aryl methyl sites for hydroxylation is 2. The Balaban J connectivity index is 2.64. The number of nitrogens with one attached hydrogen (secondary N) is 1. The van der Waals surface area contributed by atoms with Crippen LogP contribution in [0.2, 0.25) is 0 Å². The molecular formula is C14H22N2O. The van der Waals surface area contributed by atoms with E-state index in [2.05, 4.69) is 37.4 Å². The van der Waals surface area contributed by atoms with E-state index in [1.807, 2.05) is 14.0 Å². The molecule has 0 unspecified atom stereocenters. The van der Waals surface area contributed by atoms with Crippen molar-refractivity contribution in [3.8, 4) is 0 Å². The van der Waals surface area contributed by atoms with Crippen LogP contribution in [0.25, 0.3) is 0 Å². The van der Waals surface area contributed by atoms with E-state index < -0.39 is 0 Å². The molecule has 0 saturated carbocycles. The Hall–Kier alpha value is -1.35. The lowest BCUT2D eigenvalue weighted by atomic mass is 10.1. The summed E-state index contributed by atoms with van der Waals surface area (Å²) < 4.78 is 0. The van der Waals surface area contributed by atoms with Gasteiger partial charge in [0.05, 0.1) is 6.54 Å². The zero-order valence-electron chi connectivity index (χ0n) is 11.2. The lowest BCUT2D eigenvalue weighted by molar-refractivity contribution is -0.129. The minimum absolute atomic E-state index is 0.132. The Kier molecular flexibility index (Phi) is 5.16. The van der Waals surface area contributed by atoms with Gasteiger partial charge in [0.2, 0.25) is 5.91 Å². The maximum Gasteiger partial charge on any atom is 0.236 e. The Bertz CT molecular complexity index is 388. The molecule has 0 aromatic heterocycles. The monoisotopic (exact) mass is 234 g/mol. The van der Waals surface area contributed by atoms with Crippen molar-refractivity contribution in [2.75, 3.05) is 20.1 Å². The number of hydrogen-bond acceptors (Lipinski definition) is 2. The van der Waals surface area contributed by atoms with Crippen LogP contribution in [0.1, 0.15) is 23.6 Å². The molecule has 3 nitrogen and oxygen atoms in total. The number of hydrogen-bond donors (Lipinski definition) is 1. The summed E-state index contributed by atoms with van der Waals surface area (Å²) in [5.41, 5.74) is 3.69. The molecule has 0 bridgehead atoms. The van der Waals surface area contributed by atoms with E-state index in [0.29, 0.717) is 13.1 Å². The quantitative estimate of drug-likeness (QED) is 0.843. The lowest BCUT2D eigenvalue weighted by Crippen LogP contribution is -2.35. The minimum atomic E-state index is 0.132. The second kappa shape index (κ2) is 6.40. The van der Waals surface area contributed by atoms with Crippen molar-refractivity contribution >= 4 is 5.91 Å². The fourth-order valence-corrected chi connectivity index (χ4v) is 1.68. The van der Waals surface area contributed by atoms with E-state index in [1.165, 1.54) is 16.7 Å². The SMILES string of the molecule is CCNCC(=O)N(C)Cc1cc(C)ccc1C. The summed E-state index contributed by atoms with van der Waals surface area (Å²) in [6.45, 7) is 8.07. The Labute approximate surface area is 104 Å². The fourth-order valence-electron chi connectivity index (χ4n) is 1.68. The summed E-state index contributed by atoms with van der Waals surface area (Å²) in [6, 6.07) is 6.35. The van der Waals surface area contributed by atoms with Gasteiger partial charge in [0.1, 0.15) is 0 Å². The van der Waals surface area contributed by atoms with Gasteiger partial charge >= 0.3 is 0 Å². The number of amides is 1. The number of carbonyl (C=O) groups excluding carboxylic acids is 1. The fraction of sp³-hybridized carbons (Fsp3) is 0.500. The van der Waals surface area contributed by atoms with Gasteiger partial charge in [-0.15, -0.1) is 0 Å². The van der Waals surface area contributed by atoms with Crippen LogP contribution in [0.15, 0.2) is 18.2 Å². The molecule has 1 amide bonds. The number of rotatable bonds is 5. The summed E-state index contributed by atoms with van der Waals surface area (Å²) >= 11 is 0. The molecule has 0 atom stereocenters. The topological polar surface area (TPSA) is 32.3 Å². The van der Waals surface area contributed by atoms with E-state index in [1.54, 1.807) is 4.90 Å². The molecule has 94 valence electrons. The largest absolute Gasteiger partial charge is 0.340 e. The first-order valence-corrected chi connectivity index (χ1v) is 6.05. The molecule has 17 heavy (non-hydrogen) atoms. The third kappa shape index (κ3) is 4.19. The molecular weight excluding hydrogens is 212 g/mol. The zero-order valence-corrected chi connectivity index (χ0v) is 11.2. The van der Waals surface area contributed by atoms with E-state index in [-0.39, 0.29) is 5.91 Å². The summed E-state index contributed by atoms with van der Waals surface area (Å²) in [5.74, 6) is 0.132. The van der Waals surface area contributed by atoms with E-state index in [9.17, 15) is 4.79 Å². The molecule has 0 aliphatic carbocycles. The van der Waals surface area contributed by atoms with Gasteiger partial charge < -0.3 is 10.2 Å². The van der Waals surface area contributed by atoms with Gasteiger partial charge in [0, 0.05) is 13.6 Å². The molecule has 0 spiro atoms. The minimum Gasteiger partial charge on any atom is -0.340 e. The first-order chi connectivity index (χ1) is 8.04. The van der Waals surface area contributed by atoms with Gasteiger partial charge in [-0.2, -0.15) is 0 Å². The van der Waals surface area contributed by atoms with Gasteiger partial charge in [-0.3, -0.25) is 4.79 Å². The highest BCUT2D eigenvalue weighted by Gasteiger charge is 2.09. The summed E-state index contributed by atoms with van der Waals surface area (Å²) in [6.07, 6.45) is 0. The molecule has 3 heteroatoms. The Morgan fingerprint density at radius 3 is 2.71 bits per heavy atom. The van der Waals surface area contributed by atoms with Crippen LogP contribution < -0.4 is 5.32 Å². The summed E-state index contributed by atoms with van der Waals surface area (Å²) in [7, 11) is 1.85. The zero-order chi connectivity index (χ0) is 12.8. The maximum atomic E-state index is 11.8. The van der Waals surface area contributed by atoms with Gasteiger partial charge in [-0.05, 0) is 31.5 Å². The first-order valence-electron chi connectivity index (χ1n) is 6.05. The van der Waals surface area contributed by atoms with E-state index in [0.717, 1.165) is 6.54 Å². The Morgan fingerprint density at radius 2 is 2.06 bits per heavy atom. The van der Waals surface area contributed by atoms with Crippen LogP contribution in [0, 0.1) is 13.8 Å². The third-order valence-corrected chi connectivity index (χ3v) is 2.86. The first kappa shape index (κ1) is 13.7. The van der Waals surface area contributed by atoms with Crippen molar-refractivity contribution in [2.45, 2.75) is 27.3 Å².